The Balaban J connectivity index is 2.16. The minimum atomic E-state index is 0.431. The molecule has 0 aromatic heterocycles. The van der Waals surface area contributed by atoms with Crippen LogP contribution in [0.3, 0.4) is 0 Å². The highest BCUT2D eigenvalue weighted by Gasteiger charge is 1.96. The van der Waals surface area contributed by atoms with Gasteiger partial charge in [-0.2, -0.15) is 0 Å². The molecule has 0 saturated heterocycles. The van der Waals surface area contributed by atoms with Gasteiger partial charge in [0.25, 0.3) is 0 Å². The predicted molar refractivity (Wildman–Crippen MR) is 66.0 cm³/mol. The molecule has 0 aliphatic carbocycles. The van der Waals surface area contributed by atoms with Crippen molar-refractivity contribution in [3.63, 3.8) is 0 Å². The van der Waals surface area contributed by atoms with Crippen molar-refractivity contribution in [3.05, 3.63) is 48.0 Å². The van der Waals surface area contributed by atoms with Crippen molar-refractivity contribution in [1.29, 1.82) is 0 Å². The Labute approximate surface area is 94.5 Å². The zero-order valence-corrected chi connectivity index (χ0v) is 9.18. The van der Waals surface area contributed by atoms with Crippen LogP contribution in [0.2, 0.25) is 0 Å². The van der Waals surface area contributed by atoms with E-state index in [1.165, 1.54) is 10.8 Å². The molecule has 0 bridgehead atoms. The van der Waals surface area contributed by atoms with E-state index in [1.807, 2.05) is 18.2 Å². The van der Waals surface area contributed by atoms with E-state index in [1.54, 1.807) is 6.92 Å². The molecular weight excluding hydrogens is 200 g/mol. The quantitative estimate of drug-likeness (QED) is 0.485. The molecule has 0 atom stereocenters. The largest absolute Gasteiger partial charge is 0.390 e. The lowest BCUT2D eigenvalue weighted by Gasteiger charge is -2.02. The summed E-state index contributed by atoms with van der Waals surface area (Å²) < 4.78 is 0. The highest BCUT2D eigenvalue weighted by molar-refractivity contribution is 5.82. The summed E-state index contributed by atoms with van der Waals surface area (Å²) in [6.07, 6.45) is 0. The maximum atomic E-state index is 5.37. The molecule has 0 amide bonds. The Bertz CT molecular complexity index is 516. The van der Waals surface area contributed by atoms with Gasteiger partial charge in [0.1, 0.15) is 12.4 Å². The number of nitrogens with two attached hydrogens (primary N) is 1. The van der Waals surface area contributed by atoms with Gasteiger partial charge in [-0.1, -0.05) is 41.6 Å². The van der Waals surface area contributed by atoms with Crippen molar-refractivity contribution in [2.45, 2.75) is 13.5 Å². The summed E-state index contributed by atoms with van der Waals surface area (Å²) in [5.74, 6) is 0.431. The molecule has 16 heavy (non-hydrogen) atoms. The summed E-state index contributed by atoms with van der Waals surface area (Å²) in [6.45, 7) is 2.14. The van der Waals surface area contributed by atoms with E-state index in [4.69, 9.17) is 10.6 Å². The molecular formula is C13H14N2O. The Hall–Kier alpha value is -2.03. The molecule has 2 rings (SSSR count). The fraction of sp³-hybridized carbons (Fsp3) is 0.154. The lowest BCUT2D eigenvalue weighted by Crippen LogP contribution is -2.05. The van der Waals surface area contributed by atoms with Gasteiger partial charge in [-0.25, -0.2) is 0 Å². The second kappa shape index (κ2) is 4.66. The van der Waals surface area contributed by atoms with Crippen molar-refractivity contribution in [2.24, 2.45) is 10.9 Å². The Morgan fingerprint density at radius 1 is 1.19 bits per heavy atom. The van der Waals surface area contributed by atoms with Crippen LogP contribution in [0.25, 0.3) is 10.8 Å². The van der Waals surface area contributed by atoms with Crippen molar-refractivity contribution in [3.8, 4) is 0 Å². The molecule has 2 aromatic carbocycles. The molecule has 0 aliphatic rings. The van der Waals surface area contributed by atoms with Crippen LogP contribution in [0.1, 0.15) is 12.5 Å². The van der Waals surface area contributed by atoms with Gasteiger partial charge >= 0.3 is 0 Å². The lowest BCUT2D eigenvalue weighted by atomic mass is 10.1. The maximum absolute atomic E-state index is 5.37. The average molecular weight is 214 g/mol. The molecule has 0 spiro atoms. The van der Waals surface area contributed by atoms with E-state index in [0.717, 1.165) is 5.56 Å². The maximum Gasteiger partial charge on any atom is 0.142 e. The van der Waals surface area contributed by atoms with Crippen LogP contribution in [0.4, 0.5) is 0 Å². The van der Waals surface area contributed by atoms with Crippen molar-refractivity contribution < 1.29 is 4.84 Å². The molecule has 0 radical (unpaired) electrons. The minimum absolute atomic E-state index is 0.431. The van der Waals surface area contributed by atoms with E-state index >= 15 is 0 Å². The molecule has 3 heteroatoms. The molecule has 0 saturated carbocycles. The van der Waals surface area contributed by atoms with Gasteiger partial charge in [-0.15, -0.1) is 0 Å². The topological polar surface area (TPSA) is 47.6 Å². The van der Waals surface area contributed by atoms with Crippen LogP contribution in [0.5, 0.6) is 0 Å². The number of amidine groups is 1. The monoisotopic (exact) mass is 214 g/mol. The zero-order valence-electron chi connectivity index (χ0n) is 9.18. The summed E-state index contributed by atoms with van der Waals surface area (Å²) in [6, 6.07) is 14.4. The van der Waals surface area contributed by atoms with Gasteiger partial charge in [0.05, 0.1) is 0 Å². The third-order valence-electron chi connectivity index (χ3n) is 2.25. The van der Waals surface area contributed by atoms with Gasteiger partial charge < -0.3 is 10.6 Å². The summed E-state index contributed by atoms with van der Waals surface area (Å²) >= 11 is 0. The van der Waals surface area contributed by atoms with Crippen molar-refractivity contribution in [1.82, 2.24) is 0 Å². The number of rotatable bonds is 3. The Morgan fingerprint density at radius 2 is 1.94 bits per heavy atom. The SMILES string of the molecule is CC(N)=NOCc1ccc2ccccc2c1. The smallest absolute Gasteiger partial charge is 0.142 e. The first-order valence-corrected chi connectivity index (χ1v) is 5.15. The van der Waals surface area contributed by atoms with Crippen molar-refractivity contribution in [2.75, 3.05) is 0 Å². The van der Waals surface area contributed by atoms with E-state index in [-0.39, 0.29) is 0 Å². The van der Waals surface area contributed by atoms with Crippen LogP contribution in [-0.4, -0.2) is 5.84 Å². The Kier molecular flexibility index (Phi) is 3.05. The fourth-order valence-corrected chi connectivity index (χ4v) is 1.54. The van der Waals surface area contributed by atoms with Crippen LogP contribution in [-0.2, 0) is 11.4 Å². The number of benzene rings is 2. The molecule has 3 nitrogen and oxygen atoms in total. The van der Waals surface area contributed by atoms with Gasteiger partial charge in [-0.3, -0.25) is 0 Å². The molecule has 0 heterocycles. The minimum Gasteiger partial charge on any atom is -0.390 e. The first kappa shape index (κ1) is 10.5. The van der Waals surface area contributed by atoms with E-state index in [2.05, 4.69) is 29.4 Å². The fourth-order valence-electron chi connectivity index (χ4n) is 1.54. The normalized spacial score (nSPS) is 11.7. The number of hydrogen-bond acceptors (Lipinski definition) is 2. The highest BCUT2D eigenvalue weighted by atomic mass is 16.6. The van der Waals surface area contributed by atoms with Gasteiger partial charge in [-0.05, 0) is 29.3 Å². The van der Waals surface area contributed by atoms with Crippen LogP contribution in [0.15, 0.2) is 47.6 Å². The third-order valence-corrected chi connectivity index (χ3v) is 2.25. The highest BCUT2D eigenvalue weighted by Crippen LogP contribution is 2.16. The predicted octanol–water partition coefficient (Wildman–Crippen LogP) is 2.65. The van der Waals surface area contributed by atoms with Gasteiger partial charge in [0.2, 0.25) is 0 Å². The standard InChI is InChI=1S/C13H14N2O/c1-10(14)15-16-9-11-6-7-12-4-2-3-5-13(12)8-11/h2-8H,9H2,1H3,(H2,14,15). The summed E-state index contributed by atoms with van der Waals surface area (Å²) in [4.78, 5) is 5.09. The van der Waals surface area contributed by atoms with E-state index < -0.39 is 0 Å². The summed E-state index contributed by atoms with van der Waals surface area (Å²) in [5.41, 5.74) is 6.46. The Morgan fingerprint density at radius 3 is 2.69 bits per heavy atom. The van der Waals surface area contributed by atoms with Crippen molar-refractivity contribution >= 4 is 16.6 Å². The van der Waals surface area contributed by atoms with E-state index in [9.17, 15) is 0 Å². The molecule has 0 aliphatic heterocycles. The second-order valence-electron chi connectivity index (χ2n) is 3.69. The van der Waals surface area contributed by atoms with Crippen LogP contribution >= 0.6 is 0 Å². The molecule has 0 fully saturated rings. The zero-order chi connectivity index (χ0) is 11.4. The van der Waals surface area contributed by atoms with Crippen LogP contribution in [0, 0.1) is 0 Å². The molecule has 82 valence electrons. The first-order valence-electron chi connectivity index (χ1n) is 5.15. The summed E-state index contributed by atoms with van der Waals surface area (Å²) in [7, 11) is 0. The molecule has 2 N–H and O–H groups in total. The third kappa shape index (κ3) is 2.51. The average Bonchev–Trinajstić information content (AvgIpc) is 2.28. The number of oxime groups is 1. The lowest BCUT2D eigenvalue weighted by molar-refractivity contribution is 0.130. The van der Waals surface area contributed by atoms with E-state index in [0.29, 0.717) is 12.4 Å². The number of fused-ring (bicyclic) bond motifs is 1. The molecule has 0 unspecified atom stereocenters. The second-order valence-corrected chi connectivity index (χ2v) is 3.69. The van der Waals surface area contributed by atoms with Gasteiger partial charge in [0, 0.05) is 0 Å². The first-order chi connectivity index (χ1) is 7.75. The van der Waals surface area contributed by atoms with Crippen LogP contribution < -0.4 is 5.73 Å². The summed E-state index contributed by atoms with van der Waals surface area (Å²) in [5, 5.41) is 6.13. The number of nitrogens with zero attached hydrogens (tertiary/aromatic N) is 1. The molecule has 2 aromatic rings. The number of hydrogen-bond donors (Lipinski definition) is 1. The van der Waals surface area contributed by atoms with Gasteiger partial charge in [0.15, 0.2) is 0 Å².